The van der Waals surface area contributed by atoms with E-state index in [1.165, 1.54) is 6.33 Å². The first-order valence-electron chi connectivity index (χ1n) is 4.70. The molecule has 80 valence electrons. The van der Waals surface area contributed by atoms with Crippen molar-refractivity contribution in [1.29, 1.82) is 5.26 Å². The first-order valence-corrected chi connectivity index (χ1v) is 4.70. The molecular formula is C9H14N6. The highest BCUT2D eigenvalue weighted by Crippen LogP contribution is 2.09. The molecule has 6 heteroatoms. The molecule has 0 aromatic carbocycles. The summed E-state index contributed by atoms with van der Waals surface area (Å²) < 4.78 is 0. The summed E-state index contributed by atoms with van der Waals surface area (Å²) in [5, 5.41) is 14.7. The van der Waals surface area contributed by atoms with Crippen molar-refractivity contribution in [2.75, 3.05) is 17.2 Å². The van der Waals surface area contributed by atoms with Crippen LogP contribution in [0.3, 0.4) is 0 Å². The van der Waals surface area contributed by atoms with Gasteiger partial charge in [-0.15, -0.1) is 0 Å². The largest absolute Gasteiger partial charge is 0.354 e. The van der Waals surface area contributed by atoms with Crippen LogP contribution < -0.4 is 10.6 Å². The Hall–Kier alpha value is -1.90. The molecule has 1 rings (SSSR count). The second kappa shape index (κ2) is 4.55. The zero-order valence-corrected chi connectivity index (χ0v) is 9.07. The van der Waals surface area contributed by atoms with E-state index in [-0.39, 0.29) is 0 Å². The van der Waals surface area contributed by atoms with Crippen LogP contribution in [0.5, 0.6) is 0 Å². The van der Waals surface area contributed by atoms with Crippen LogP contribution in [-0.4, -0.2) is 27.0 Å². The Morgan fingerprint density at radius 1 is 1.40 bits per heavy atom. The van der Waals surface area contributed by atoms with Gasteiger partial charge in [-0.05, 0) is 20.8 Å². The van der Waals surface area contributed by atoms with Crippen LogP contribution in [0.4, 0.5) is 11.9 Å². The molecule has 0 amide bonds. The van der Waals surface area contributed by atoms with Gasteiger partial charge in [0.1, 0.15) is 11.9 Å². The van der Waals surface area contributed by atoms with Gasteiger partial charge in [0.05, 0.1) is 6.07 Å². The van der Waals surface area contributed by atoms with Crippen LogP contribution in [-0.2, 0) is 0 Å². The molecule has 15 heavy (non-hydrogen) atoms. The highest BCUT2D eigenvalue weighted by atomic mass is 15.2. The number of nitrogens with one attached hydrogen (secondary N) is 2. The normalized spacial score (nSPS) is 10.5. The van der Waals surface area contributed by atoms with E-state index in [4.69, 9.17) is 5.26 Å². The maximum atomic E-state index is 8.83. The van der Waals surface area contributed by atoms with Crippen LogP contribution >= 0.6 is 0 Å². The predicted molar refractivity (Wildman–Crippen MR) is 57.3 cm³/mol. The van der Waals surface area contributed by atoms with E-state index < -0.39 is 5.54 Å². The topological polar surface area (TPSA) is 86.5 Å². The minimum atomic E-state index is -0.690. The summed E-state index contributed by atoms with van der Waals surface area (Å²) in [7, 11) is 0. The Kier molecular flexibility index (Phi) is 3.39. The summed E-state index contributed by atoms with van der Waals surface area (Å²) >= 11 is 0. The number of anilines is 2. The van der Waals surface area contributed by atoms with Gasteiger partial charge in [0.25, 0.3) is 0 Å². The van der Waals surface area contributed by atoms with Gasteiger partial charge in [0, 0.05) is 6.54 Å². The standard InChI is InChI=1S/C9H14N6/c1-4-11-7-12-6-13-8(14-7)15-9(2,3)5-10/h6H,4H2,1-3H3,(H2,11,12,13,14,15). The molecule has 0 fully saturated rings. The predicted octanol–water partition coefficient (Wildman–Crippen LogP) is 1.02. The van der Waals surface area contributed by atoms with Crippen molar-refractivity contribution in [3.8, 4) is 6.07 Å². The third kappa shape index (κ3) is 3.38. The van der Waals surface area contributed by atoms with E-state index >= 15 is 0 Å². The molecule has 1 aromatic heterocycles. The minimum absolute atomic E-state index is 0.396. The van der Waals surface area contributed by atoms with Gasteiger partial charge in [-0.1, -0.05) is 0 Å². The van der Waals surface area contributed by atoms with Crippen molar-refractivity contribution in [3.05, 3.63) is 6.33 Å². The van der Waals surface area contributed by atoms with E-state index in [0.29, 0.717) is 11.9 Å². The molecule has 0 saturated heterocycles. The summed E-state index contributed by atoms with van der Waals surface area (Å²) in [5.41, 5.74) is -0.690. The highest BCUT2D eigenvalue weighted by molar-refractivity contribution is 5.36. The Balaban J connectivity index is 2.79. The van der Waals surface area contributed by atoms with Gasteiger partial charge in [-0.3, -0.25) is 0 Å². The molecule has 1 heterocycles. The summed E-state index contributed by atoms with van der Waals surface area (Å²) in [6.07, 6.45) is 1.40. The van der Waals surface area contributed by atoms with E-state index in [2.05, 4.69) is 31.7 Å². The Morgan fingerprint density at radius 3 is 2.67 bits per heavy atom. The van der Waals surface area contributed by atoms with Crippen LogP contribution in [0.25, 0.3) is 0 Å². The molecule has 0 aliphatic rings. The molecule has 0 aliphatic heterocycles. The number of nitriles is 1. The van der Waals surface area contributed by atoms with Gasteiger partial charge in [-0.25, -0.2) is 9.97 Å². The zero-order chi connectivity index (χ0) is 11.3. The number of aromatic nitrogens is 3. The SMILES string of the molecule is CCNc1ncnc(NC(C)(C)C#N)n1. The van der Waals surface area contributed by atoms with Crippen LogP contribution in [0.1, 0.15) is 20.8 Å². The molecule has 0 aliphatic carbocycles. The second-order valence-electron chi connectivity index (χ2n) is 3.52. The lowest BCUT2D eigenvalue weighted by atomic mass is 10.1. The van der Waals surface area contributed by atoms with Crippen molar-refractivity contribution in [2.45, 2.75) is 26.3 Å². The number of hydrogen-bond donors (Lipinski definition) is 2. The smallest absolute Gasteiger partial charge is 0.228 e. The van der Waals surface area contributed by atoms with Gasteiger partial charge in [0.15, 0.2) is 0 Å². The maximum absolute atomic E-state index is 8.83. The quantitative estimate of drug-likeness (QED) is 0.764. The second-order valence-corrected chi connectivity index (χ2v) is 3.52. The highest BCUT2D eigenvalue weighted by Gasteiger charge is 2.17. The fourth-order valence-electron chi connectivity index (χ4n) is 0.907. The molecule has 0 bridgehead atoms. The Bertz CT molecular complexity index is 367. The lowest BCUT2D eigenvalue weighted by Crippen LogP contribution is -2.29. The van der Waals surface area contributed by atoms with Crippen molar-refractivity contribution < 1.29 is 0 Å². The van der Waals surface area contributed by atoms with Crippen molar-refractivity contribution in [3.63, 3.8) is 0 Å². The molecule has 1 aromatic rings. The number of nitrogens with zero attached hydrogens (tertiary/aromatic N) is 4. The molecule has 0 unspecified atom stereocenters. The lowest BCUT2D eigenvalue weighted by molar-refractivity contribution is 0.715. The van der Waals surface area contributed by atoms with Crippen molar-refractivity contribution in [2.24, 2.45) is 0 Å². The molecule has 0 saturated carbocycles. The van der Waals surface area contributed by atoms with Gasteiger partial charge < -0.3 is 10.6 Å². The Labute approximate surface area is 88.8 Å². The van der Waals surface area contributed by atoms with Crippen molar-refractivity contribution in [1.82, 2.24) is 15.0 Å². The fourth-order valence-corrected chi connectivity index (χ4v) is 0.907. The zero-order valence-electron chi connectivity index (χ0n) is 9.07. The minimum Gasteiger partial charge on any atom is -0.354 e. The maximum Gasteiger partial charge on any atom is 0.228 e. The summed E-state index contributed by atoms with van der Waals surface area (Å²) in [6.45, 7) is 6.20. The molecule has 6 nitrogen and oxygen atoms in total. The molecule has 0 radical (unpaired) electrons. The third-order valence-electron chi connectivity index (χ3n) is 1.61. The van der Waals surface area contributed by atoms with E-state index in [0.717, 1.165) is 6.54 Å². The van der Waals surface area contributed by atoms with Crippen molar-refractivity contribution >= 4 is 11.9 Å². The number of rotatable bonds is 4. The average Bonchev–Trinajstić information content (AvgIpc) is 2.18. The Morgan fingerprint density at radius 2 is 2.07 bits per heavy atom. The third-order valence-corrected chi connectivity index (χ3v) is 1.61. The van der Waals surface area contributed by atoms with E-state index in [1.54, 1.807) is 13.8 Å². The first-order chi connectivity index (χ1) is 7.07. The molecular weight excluding hydrogens is 192 g/mol. The molecule has 2 N–H and O–H groups in total. The average molecular weight is 206 g/mol. The fraction of sp³-hybridized carbons (Fsp3) is 0.556. The van der Waals surface area contributed by atoms with E-state index in [1.807, 2.05) is 6.92 Å². The van der Waals surface area contributed by atoms with Crippen LogP contribution in [0.15, 0.2) is 6.33 Å². The number of hydrogen-bond acceptors (Lipinski definition) is 6. The van der Waals surface area contributed by atoms with Gasteiger partial charge >= 0.3 is 0 Å². The lowest BCUT2D eigenvalue weighted by Gasteiger charge is -2.17. The first kappa shape index (κ1) is 11.2. The monoisotopic (exact) mass is 206 g/mol. The summed E-state index contributed by atoms with van der Waals surface area (Å²) in [4.78, 5) is 12.0. The van der Waals surface area contributed by atoms with E-state index in [9.17, 15) is 0 Å². The van der Waals surface area contributed by atoms with Crippen LogP contribution in [0.2, 0.25) is 0 Å². The van der Waals surface area contributed by atoms with Gasteiger partial charge in [-0.2, -0.15) is 10.2 Å². The van der Waals surface area contributed by atoms with Crippen LogP contribution in [0, 0.1) is 11.3 Å². The summed E-state index contributed by atoms with van der Waals surface area (Å²) in [6, 6.07) is 2.11. The molecule has 0 atom stereocenters. The van der Waals surface area contributed by atoms with Gasteiger partial charge in [0.2, 0.25) is 11.9 Å². The molecule has 0 spiro atoms. The summed E-state index contributed by atoms with van der Waals surface area (Å²) in [5.74, 6) is 0.899.